The Labute approximate surface area is 98.8 Å². The lowest BCUT2D eigenvalue weighted by atomic mass is 10.4. The smallest absolute Gasteiger partial charge is 0.157 e. The van der Waals surface area contributed by atoms with Crippen LogP contribution in [0.1, 0.15) is 32.6 Å². The first-order valence-corrected chi connectivity index (χ1v) is 7.41. The molecule has 0 spiro atoms. The van der Waals surface area contributed by atoms with E-state index in [2.05, 4.69) is 20.9 Å². The zero-order valence-corrected chi connectivity index (χ0v) is 11.5. The molecule has 4 nitrogen and oxygen atoms in total. The highest BCUT2D eigenvalue weighted by Crippen LogP contribution is 2.20. The Morgan fingerprint density at radius 1 is 1.53 bits per heavy atom. The van der Waals surface area contributed by atoms with Crippen molar-refractivity contribution in [2.45, 2.75) is 32.6 Å². The van der Waals surface area contributed by atoms with Crippen LogP contribution in [0.25, 0.3) is 0 Å². The Morgan fingerprint density at radius 3 is 2.60 bits per heavy atom. The van der Waals surface area contributed by atoms with Gasteiger partial charge in [0.05, 0.1) is 6.20 Å². The zero-order chi connectivity index (χ0) is 11.6. The molecule has 0 aliphatic carbocycles. The average molecular weight is 295 g/mol. The molecule has 0 aliphatic heterocycles. The van der Waals surface area contributed by atoms with E-state index in [0.29, 0.717) is 5.82 Å². The molecule has 0 saturated heterocycles. The van der Waals surface area contributed by atoms with Crippen LogP contribution in [0.2, 0.25) is 0 Å². The highest BCUT2D eigenvalue weighted by molar-refractivity contribution is 9.10. The van der Waals surface area contributed by atoms with Crippen LogP contribution in [0.3, 0.4) is 0 Å². The number of halogens is 1. The van der Waals surface area contributed by atoms with Crippen LogP contribution in [0.15, 0.2) is 10.8 Å². The van der Waals surface area contributed by atoms with Gasteiger partial charge in [-0.1, -0.05) is 6.92 Å². The first-order chi connectivity index (χ1) is 6.87. The first-order valence-electron chi connectivity index (χ1n) is 4.79. The highest BCUT2D eigenvalue weighted by Gasteiger charge is 2.17. The molecule has 0 saturated carbocycles. The van der Waals surface area contributed by atoms with Gasteiger partial charge >= 0.3 is 0 Å². The quantitative estimate of drug-likeness (QED) is 0.855. The third-order valence-electron chi connectivity index (χ3n) is 2.13. The van der Waals surface area contributed by atoms with Gasteiger partial charge < -0.3 is 4.57 Å². The summed E-state index contributed by atoms with van der Waals surface area (Å²) in [4.78, 5) is 4.11. The van der Waals surface area contributed by atoms with Gasteiger partial charge in [-0.25, -0.2) is 13.4 Å². The molecule has 1 aromatic heterocycles. The van der Waals surface area contributed by atoms with Crippen LogP contribution in [0.4, 0.5) is 0 Å². The molecular formula is C9H15BrN2O2S. The molecule has 0 unspecified atom stereocenters. The van der Waals surface area contributed by atoms with Crippen molar-refractivity contribution in [3.8, 4) is 0 Å². The van der Waals surface area contributed by atoms with E-state index in [-0.39, 0.29) is 17.5 Å². The lowest BCUT2D eigenvalue weighted by molar-refractivity contribution is 0.559. The minimum absolute atomic E-state index is 0.00722. The number of aromatic nitrogens is 2. The van der Waals surface area contributed by atoms with Crippen LogP contribution in [0, 0.1) is 0 Å². The second kappa shape index (κ2) is 4.65. The van der Waals surface area contributed by atoms with Crippen LogP contribution < -0.4 is 0 Å². The first kappa shape index (κ1) is 12.7. The SMILES string of the molecule is CCS(=O)(=O)Cc1ncc(Br)n1C(C)C. The Balaban J connectivity index is 3.06. The van der Waals surface area contributed by atoms with E-state index in [1.165, 1.54) is 0 Å². The highest BCUT2D eigenvalue weighted by atomic mass is 79.9. The predicted molar refractivity (Wildman–Crippen MR) is 63.5 cm³/mol. The molecule has 0 fully saturated rings. The molecule has 0 N–H and O–H groups in total. The molecular weight excluding hydrogens is 280 g/mol. The topological polar surface area (TPSA) is 52.0 Å². The third-order valence-corrected chi connectivity index (χ3v) is 4.30. The van der Waals surface area contributed by atoms with Crippen molar-refractivity contribution in [2.24, 2.45) is 0 Å². The molecule has 1 heterocycles. The van der Waals surface area contributed by atoms with E-state index < -0.39 is 9.84 Å². The van der Waals surface area contributed by atoms with Gasteiger partial charge in [0.1, 0.15) is 16.2 Å². The maximum Gasteiger partial charge on any atom is 0.157 e. The van der Waals surface area contributed by atoms with Gasteiger partial charge in [-0.2, -0.15) is 0 Å². The van der Waals surface area contributed by atoms with Crippen molar-refractivity contribution in [3.05, 3.63) is 16.6 Å². The second-order valence-corrected chi connectivity index (χ2v) is 6.80. The fourth-order valence-electron chi connectivity index (χ4n) is 1.33. The average Bonchev–Trinajstić information content (AvgIpc) is 2.46. The standard InChI is InChI=1S/C9H15BrN2O2S/c1-4-15(13,14)6-9-11-5-8(10)12(9)7(2)3/h5,7H,4,6H2,1-3H3. The summed E-state index contributed by atoms with van der Waals surface area (Å²) in [6, 6.07) is 0.198. The molecule has 0 radical (unpaired) electrons. The number of hydrogen-bond acceptors (Lipinski definition) is 3. The van der Waals surface area contributed by atoms with Gasteiger partial charge in [-0.15, -0.1) is 0 Å². The lowest BCUT2D eigenvalue weighted by Gasteiger charge is -2.12. The molecule has 15 heavy (non-hydrogen) atoms. The zero-order valence-electron chi connectivity index (χ0n) is 9.07. The van der Waals surface area contributed by atoms with Crippen LogP contribution in [0.5, 0.6) is 0 Å². The molecule has 1 rings (SSSR count). The molecule has 0 aliphatic rings. The Kier molecular flexibility index (Phi) is 3.94. The van der Waals surface area contributed by atoms with E-state index in [1.54, 1.807) is 13.1 Å². The van der Waals surface area contributed by atoms with Crippen molar-refractivity contribution in [1.82, 2.24) is 9.55 Å². The third kappa shape index (κ3) is 3.04. The fraction of sp³-hybridized carbons (Fsp3) is 0.667. The van der Waals surface area contributed by atoms with Crippen molar-refractivity contribution >= 4 is 25.8 Å². The number of imidazole rings is 1. The van der Waals surface area contributed by atoms with Crippen LogP contribution in [-0.4, -0.2) is 23.7 Å². The number of sulfone groups is 1. The van der Waals surface area contributed by atoms with E-state index in [9.17, 15) is 8.42 Å². The fourth-order valence-corrected chi connectivity index (χ4v) is 2.85. The molecule has 0 aromatic carbocycles. The van der Waals surface area contributed by atoms with E-state index in [1.807, 2.05) is 18.4 Å². The summed E-state index contributed by atoms with van der Waals surface area (Å²) >= 11 is 3.35. The molecule has 0 amide bonds. The Bertz CT molecular complexity index is 437. The van der Waals surface area contributed by atoms with Crippen molar-refractivity contribution in [1.29, 1.82) is 0 Å². The Hall–Kier alpha value is -0.360. The summed E-state index contributed by atoms with van der Waals surface area (Å²) in [6.45, 7) is 5.63. The number of nitrogens with zero attached hydrogens (tertiary/aromatic N) is 2. The van der Waals surface area contributed by atoms with Crippen molar-refractivity contribution in [3.63, 3.8) is 0 Å². The maximum atomic E-state index is 11.5. The van der Waals surface area contributed by atoms with E-state index >= 15 is 0 Å². The normalized spacial score (nSPS) is 12.3. The second-order valence-electron chi connectivity index (χ2n) is 3.64. The van der Waals surface area contributed by atoms with Crippen LogP contribution in [-0.2, 0) is 15.6 Å². The minimum atomic E-state index is -3.02. The van der Waals surface area contributed by atoms with E-state index in [4.69, 9.17) is 0 Å². The van der Waals surface area contributed by atoms with Gasteiger partial charge in [0.25, 0.3) is 0 Å². The number of rotatable bonds is 4. The van der Waals surface area contributed by atoms with Crippen molar-refractivity contribution in [2.75, 3.05) is 5.75 Å². The number of hydrogen-bond donors (Lipinski definition) is 0. The van der Waals surface area contributed by atoms with Gasteiger partial charge in [-0.05, 0) is 29.8 Å². The summed E-state index contributed by atoms with van der Waals surface area (Å²) in [5.74, 6) is 0.752. The van der Waals surface area contributed by atoms with Gasteiger partial charge in [0.15, 0.2) is 9.84 Å². The predicted octanol–water partition coefficient (Wildman–Crippen LogP) is 2.16. The Morgan fingerprint density at radius 2 is 2.13 bits per heavy atom. The molecule has 6 heteroatoms. The molecule has 86 valence electrons. The summed E-state index contributed by atoms with van der Waals surface area (Å²) in [5, 5.41) is 0. The minimum Gasteiger partial charge on any atom is -0.319 e. The van der Waals surface area contributed by atoms with Gasteiger partial charge in [0.2, 0.25) is 0 Å². The largest absolute Gasteiger partial charge is 0.319 e. The lowest BCUT2D eigenvalue weighted by Crippen LogP contribution is -2.13. The molecule has 0 bridgehead atoms. The van der Waals surface area contributed by atoms with Gasteiger partial charge in [-0.3, -0.25) is 0 Å². The van der Waals surface area contributed by atoms with E-state index in [0.717, 1.165) is 4.60 Å². The molecule has 0 atom stereocenters. The van der Waals surface area contributed by atoms with Crippen LogP contribution >= 0.6 is 15.9 Å². The summed E-state index contributed by atoms with van der Waals surface area (Å²) in [7, 11) is -3.02. The molecule has 1 aromatic rings. The maximum absolute atomic E-state index is 11.5. The summed E-state index contributed by atoms with van der Waals surface area (Å²) < 4.78 is 25.7. The van der Waals surface area contributed by atoms with Gasteiger partial charge in [0, 0.05) is 11.8 Å². The summed E-state index contributed by atoms with van der Waals surface area (Å²) in [5.41, 5.74) is 0. The van der Waals surface area contributed by atoms with Crippen molar-refractivity contribution < 1.29 is 8.42 Å². The summed E-state index contributed by atoms with van der Waals surface area (Å²) in [6.07, 6.45) is 1.64. The monoisotopic (exact) mass is 294 g/mol.